The molecular weight excluding hydrogens is 610 g/mol. The van der Waals surface area contributed by atoms with Crippen molar-refractivity contribution in [3.8, 4) is 12.1 Å². The molecule has 4 rings (SSSR count). The average molecular weight is 633 g/mol. The zero-order chi connectivity index (χ0) is 27.6. The van der Waals surface area contributed by atoms with E-state index in [2.05, 4.69) is 49.0 Å². The van der Waals surface area contributed by atoms with Crippen molar-refractivity contribution in [1.82, 2.24) is 4.98 Å². The number of ketones is 2. The predicted octanol–water partition coefficient (Wildman–Crippen LogP) is 5.93. The number of nitriles is 2. The van der Waals surface area contributed by atoms with Crippen LogP contribution in [0.4, 0.5) is 5.82 Å². The molecule has 190 valence electrons. The van der Waals surface area contributed by atoms with Gasteiger partial charge in [-0.15, -0.1) is 0 Å². The molecule has 1 aliphatic carbocycles. The van der Waals surface area contributed by atoms with E-state index in [4.69, 9.17) is 5.73 Å². The van der Waals surface area contributed by atoms with Crippen molar-refractivity contribution < 1.29 is 9.59 Å². The Morgan fingerprint density at radius 3 is 2.03 bits per heavy atom. The molecule has 1 atom stereocenters. The smallest absolute Gasteiger partial charge is 0.193 e. The van der Waals surface area contributed by atoms with Gasteiger partial charge >= 0.3 is 0 Å². The largest absolute Gasteiger partial charge is 0.398 e. The molecule has 2 aromatic carbocycles. The number of pyridine rings is 1. The molecule has 38 heavy (non-hydrogen) atoms. The standard InChI is InChI=1S/C29H23Br2N5O2/c1-3-36(4-2)28-21(14-32)24-22(15-35-28)26(34)25(27(38)18-7-11-20(31)12-8-18)29(24,16-33)13-23(37)17-5-9-19(30)10-6-17/h5-12,15H,3-4,13,34H2,1-2H3/t29-/m1/s1. The molecule has 7 nitrogen and oxygen atoms in total. The average Bonchev–Trinajstić information content (AvgIpc) is 3.17. The van der Waals surface area contributed by atoms with Crippen LogP contribution in [-0.2, 0) is 5.41 Å². The van der Waals surface area contributed by atoms with Gasteiger partial charge in [0, 0.05) is 68.2 Å². The normalized spacial score (nSPS) is 15.9. The molecule has 0 fully saturated rings. The van der Waals surface area contributed by atoms with Gasteiger partial charge in [0.2, 0.25) is 0 Å². The van der Waals surface area contributed by atoms with Gasteiger partial charge in [-0.1, -0.05) is 44.0 Å². The van der Waals surface area contributed by atoms with Crippen LogP contribution in [0, 0.1) is 22.7 Å². The van der Waals surface area contributed by atoms with E-state index in [0.29, 0.717) is 35.6 Å². The third-order valence-electron chi connectivity index (χ3n) is 6.76. The third kappa shape index (κ3) is 4.53. The molecule has 0 bridgehead atoms. The van der Waals surface area contributed by atoms with Gasteiger partial charge in [0.25, 0.3) is 0 Å². The number of hydrogen-bond donors (Lipinski definition) is 1. The lowest BCUT2D eigenvalue weighted by molar-refractivity contribution is 0.0961. The number of Topliss-reactive ketones (excluding diaryl/α,β-unsaturated/α-hetero) is 2. The number of nitrogens with zero attached hydrogens (tertiary/aromatic N) is 4. The lowest BCUT2D eigenvalue weighted by atomic mass is 9.70. The molecule has 1 heterocycles. The van der Waals surface area contributed by atoms with Crippen LogP contribution in [0.15, 0.2) is 69.2 Å². The van der Waals surface area contributed by atoms with Crippen LogP contribution in [0.1, 0.15) is 57.7 Å². The first-order valence-electron chi connectivity index (χ1n) is 11.9. The van der Waals surface area contributed by atoms with Crippen molar-refractivity contribution in [2.24, 2.45) is 5.73 Å². The molecule has 0 amide bonds. The molecule has 0 saturated heterocycles. The van der Waals surface area contributed by atoms with Gasteiger partial charge in [-0.3, -0.25) is 9.59 Å². The summed E-state index contributed by atoms with van der Waals surface area (Å²) >= 11 is 6.74. The van der Waals surface area contributed by atoms with Gasteiger partial charge in [0.05, 0.1) is 6.07 Å². The Balaban J connectivity index is 2.00. The topological polar surface area (TPSA) is 124 Å². The van der Waals surface area contributed by atoms with Crippen LogP contribution >= 0.6 is 31.9 Å². The van der Waals surface area contributed by atoms with Gasteiger partial charge in [-0.25, -0.2) is 4.98 Å². The third-order valence-corrected chi connectivity index (χ3v) is 7.82. The molecule has 1 aromatic heterocycles. The van der Waals surface area contributed by atoms with E-state index < -0.39 is 11.2 Å². The molecule has 2 N–H and O–H groups in total. The molecule has 0 saturated carbocycles. The van der Waals surface area contributed by atoms with Crippen molar-refractivity contribution >= 4 is 54.9 Å². The van der Waals surface area contributed by atoms with Gasteiger partial charge in [-0.05, 0) is 50.2 Å². The molecule has 0 aliphatic heterocycles. The van der Waals surface area contributed by atoms with Crippen LogP contribution < -0.4 is 10.6 Å². The number of carbonyl (C=O) groups is 2. The highest BCUT2D eigenvalue weighted by Crippen LogP contribution is 2.51. The summed E-state index contributed by atoms with van der Waals surface area (Å²) in [6.45, 7) is 5.01. The van der Waals surface area contributed by atoms with Crippen LogP contribution in [-0.4, -0.2) is 29.6 Å². The molecule has 0 unspecified atom stereocenters. The number of nitrogens with two attached hydrogens (primary N) is 1. The number of rotatable bonds is 8. The zero-order valence-electron chi connectivity index (χ0n) is 20.8. The first-order chi connectivity index (χ1) is 18.2. The summed E-state index contributed by atoms with van der Waals surface area (Å²) in [6.07, 6.45) is 1.13. The number of carbonyl (C=O) groups excluding carboxylic acids is 2. The number of fused-ring (bicyclic) bond motifs is 1. The molecule has 3 aromatic rings. The second-order valence-corrected chi connectivity index (χ2v) is 10.6. The van der Waals surface area contributed by atoms with E-state index in [1.807, 2.05) is 18.7 Å². The van der Waals surface area contributed by atoms with E-state index in [1.54, 1.807) is 48.5 Å². The van der Waals surface area contributed by atoms with Crippen LogP contribution in [0.3, 0.4) is 0 Å². The first-order valence-corrected chi connectivity index (χ1v) is 13.5. The molecule has 0 spiro atoms. The Kier molecular flexibility index (Phi) is 7.82. The lowest BCUT2D eigenvalue weighted by Crippen LogP contribution is -2.34. The Bertz CT molecular complexity index is 1550. The van der Waals surface area contributed by atoms with E-state index in [1.165, 1.54) is 6.20 Å². The summed E-state index contributed by atoms with van der Waals surface area (Å²) in [5.74, 6) is -0.451. The second kappa shape index (κ2) is 10.9. The van der Waals surface area contributed by atoms with Crippen molar-refractivity contribution in [2.75, 3.05) is 18.0 Å². The SMILES string of the molecule is CCN(CC)c1ncc2c(c1C#N)[C@](C#N)(CC(=O)c1ccc(Br)cc1)C(C(=O)c1ccc(Br)cc1)=C2N. The van der Waals surface area contributed by atoms with Crippen LogP contribution in [0.5, 0.6) is 0 Å². The Morgan fingerprint density at radius 2 is 1.53 bits per heavy atom. The summed E-state index contributed by atoms with van der Waals surface area (Å²) in [7, 11) is 0. The summed E-state index contributed by atoms with van der Waals surface area (Å²) in [4.78, 5) is 34.0. The van der Waals surface area contributed by atoms with E-state index in [9.17, 15) is 20.1 Å². The predicted molar refractivity (Wildman–Crippen MR) is 152 cm³/mol. The molecule has 9 heteroatoms. The quantitative estimate of drug-likeness (QED) is 0.305. The molecular formula is C29H23Br2N5O2. The highest BCUT2D eigenvalue weighted by atomic mass is 79.9. The van der Waals surface area contributed by atoms with Crippen LogP contribution in [0.2, 0.25) is 0 Å². The summed E-state index contributed by atoms with van der Waals surface area (Å²) < 4.78 is 1.58. The second-order valence-electron chi connectivity index (χ2n) is 8.78. The molecule has 1 aliphatic rings. The van der Waals surface area contributed by atoms with Gasteiger partial charge < -0.3 is 10.6 Å². The molecule has 0 radical (unpaired) electrons. The minimum atomic E-state index is -1.79. The Labute approximate surface area is 237 Å². The fraction of sp³-hybridized carbons (Fsp3) is 0.207. The van der Waals surface area contributed by atoms with Crippen molar-refractivity contribution in [1.29, 1.82) is 10.5 Å². The van der Waals surface area contributed by atoms with E-state index in [0.717, 1.165) is 8.95 Å². The number of hydrogen-bond acceptors (Lipinski definition) is 7. The Morgan fingerprint density at radius 1 is 0.974 bits per heavy atom. The highest BCUT2D eigenvalue weighted by molar-refractivity contribution is 9.10. The Hall–Kier alpha value is -3.79. The maximum Gasteiger partial charge on any atom is 0.193 e. The van der Waals surface area contributed by atoms with Crippen LogP contribution in [0.25, 0.3) is 5.70 Å². The van der Waals surface area contributed by atoms with Crippen molar-refractivity contribution in [2.45, 2.75) is 25.7 Å². The minimum Gasteiger partial charge on any atom is -0.398 e. The summed E-state index contributed by atoms with van der Waals surface area (Å²) in [6, 6.07) is 17.9. The van der Waals surface area contributed by atoms with E-state index in [-0.39, 0.29) is 34.6 Å². The minimum absolute atomic E-state index is 0.0159. The number of halogens is 2. The van der Waals surface area contributed by atoms with Gasteiger partial charge in [0.1, 0.15) is 22.9 Å². The number of anilines is 1. The fourth-order valence-corrected chi connectivity index (χ4v) is 5.40. The fourth-order valence-electron chi connectivity index (χ4n) is 4.88. The van der Waals surface area contributed by atoms with Crippen molar-refractivity contribution in [3.05, 3.63) is 97.1 Å². The van der Waals surface area contributed by atoms with Gasteiger partial charge in [-0.2, -0.15) is 10.5 Å². The number of allylic oxidation sites excluding steroid dienone is 1. The highest BCUT2D eigenvalue weighted by Gasteiger charge is 2.52. The maximum absolute atomic E-state index is 14.0. The number of aromatic nitrogens is 1. The first kappa shape index (κ1) is 27.3. The summed E-state index contributed by atoms with van der Waals surface area (Å²) in [5.41, 5.74) is 6.22. The van der Waals surface area contributed by atoms with Gasteiger partial charge in [0.15, 0.2) is 11.6 Å². The summed E-state index contributed by atoms with van der Waals surface area (Å²) in [5, 5.41) is 21.1. The maximum atomic E-state index is 14.0. The monoisotopic (exact) mass is 631 g/mol. The lowest BCUT2D eigenvalue weighted by Gasteiger charge is -2.28. The number of benzene rings is 2. The zero-order valence-corrected chi connectivity index (χ0v) is 23.9. The van der Waals surface area contributed by atoms with E-state index >= 15 is 0 Å². The van der Waals surface area contributed by atoms with Crippen molar-refractivity contribution in [3.63, 3.8) is 0 Å².